The molecule has 0 aromatic heterocycles. The van der Waals surface area contributed by atoms with Gasteiger partial charge in [-0.15, -0.1) is 0 Å². The topological polar surface area (TPSA) is 70.7 Å². The first kappa shape index (κ1) is 20.7. The maximum atomic E-state index is 12.1. The molecule has 1 aromatic carbocycles. The number of hydrogen-bond donors (Lipinski definition) is 2. The molecule has 0 heterocycles. The molecule has 1 aromatic rings. The Balaban J connectivity index is 2.37. The van der Waals surface area contributed by atoms with Crippen LogP contribution < -0.4 is 10.6 Å². The largest absolute Gasteiger partial charge is 0.444 e. The van der Waals surface area contributed by atoms with E-state index < -0.39 is 11.7 Å². The predicted molar refractivity (Wildman–Crippen MR) is 104 cm³/mol. The number of nitrogens with one attached hydrogen (secondary N) is 2. The van der Waals surface area contributed by atoms with E-state index in [1.165, 1.54) is 0 Å². The summed E-state index contributed by atoms with van der Waals surface area (Å²) in [5.74, 6) is -0.0946. The lowest BCUT2D eigenvalue weighted by atomic mass is 10.2. The highest BCUT2D eigenvalue weighted by molar-refractivity contribution is 14.1. The lowest BCUT2D eigenvalue weighted by Crippen LogP contribution is -2.44. The van der Waals surface area contributed by atoms with Crippen molar-refractivity contribution < 1.29 is 14.3 Å². The van der Waals surface area contributed by atoms with Crippen LogP contribution in [0.15, 0.2) is 24.3 Å². The number of rotatable bonds is 6. The van der Waals surface area contributed by atoms with Gasteiger partial charge in [-0.3, -0.25) is 9.69 Å². The minimum absolute atomic E-state index is 0.00000910. The van der Waals surface area contributed by atoms with Gasteiger partial charge in [0.1, 0.15) is 5.60 Å². The van der Waals surface area contributed by atoms with Crippen LogP contribution in [0.2, 0.25) is 0 Å². The van der Waals surface area contributed by atoms with Gasteiger partial charge in [0.25, 0.3) is 0 Å². The average molecular weight is 447 g/mol. The van der Waals surface area contributed by atoms with Gasteiger partial charge in [0, 0.05) is 21.8 Å². The van der Waals surface area contributed by atoms with E-state index >= 15 is 0 Å². The summed E-state index contributed by atoms with van der Waals surface area (Å²) in [6.45, 7) is 8.03. The Kier molecular flexibility index (Phi) is 7.95. The third-order valence-corrected chi connectivity index (χ3v) is 3.93. The summed E-state index contributed by atoms with van der Waals surface area (Å²) in [5.41, 5.74) is 0.250. The van der Waals surface area contributed by atoms with E-state index in [0.717, 1.165) is 9.26 Å². The summed E-state index contributed by atoms with van der Waals surface area (Å²) < 4.78 is 6.30. The minimum Gasteiger partial charge on any atom is -0.444 e. The summed E-state index contributed by atoms with van der Waals surface area (Å²) in [4.78, 5) is 25.6. The Morgan fingerprint density at radius 1 is 1.25 bits per heavy atom. The summed E-state index contributed by atoms with van der Waals surface area (Å²) >= 11 is 2.22. The van der Waals surface area contributed by atoms with Gasteiger partial charge < -0.3 is 15.4 Å². The van der Waals surface area contributed by atoms with Crippen LogP contribution in [0.25, 0.3) is 0 Å². The zero-order valence-corrected chi connectivity index (χ0v) is 17.0. The minimum atomic E-state index is -0.521. The lowest BCUT2D eigenvalue weighted by Gasteiger charge is -2.25. The van der Waals surface area contributed by atoms with E-state index in [2.05, 4.69) is 33.2 Å². The number of benzene rings is 1. The third kappa shape index (κ3) is 8.49. The van der Waals surface area contributed by atoms with Gasteiger partial charge in [-0.1, -0.05) is 0 Å². The standard InChI is InChI=1S/C17H26IN3O3/c1-12(10-19-16(23)24-17(2,3)4)21(5)11-15(22)20-14-8-6-13(18)7-9-14/h6-9,12H,10-11H2,1-5H3,(H,19,23)(H,20,22). The van der Waals surface area contributed by atoms with Crippen molar-refractivity contribution in [3.63, 3.8) is 0 Å². The zero-order chi connectivity index (χ0) is 18.3. The fourth-order valence-corrected chi connectivity index (χ4v) is 2.18. The number of carbonyl (C=O) groups excluding carboxylic acids is 2. The summed E-state index contributed by atoms with van der Waals surface area (Å²) in [5, 5.41) is 5.57. The fraction of sp³-hybridized carbons (Fsp3) is 0.529. The molecular formula is C17H26IN3O3. The van der Waals surface area contributed by atoms with Gasteiger partial charge in [0.15, 0.2) is 0 Å². The number of likely N-dealkylation sites (N-methyl/N-ethyl adjacent to an activating group) is 1. The Morgan fingerprint density at radius 3 is 2.38 bits per heavy atom. The number of hydrogen-bond acceptors (Lipinski definition) is 4. The SMILES string of the molecule is CC(CNC(=O)OC(C)(C)C)N(C)CC(=O)Nc1ccc(I)cc1. The number of anilines is 1. The number of carbonyl (C=O) groups is 2. The molecule has 0 radical (unpaired) electrons. The number of alkyl carbamates (subject to hydrolysis) is 1. The molecule has 0 saturated heterocycles. The second kappa shape index (κ2) is 9.22. The van der Waals surface area contributed by atoms with Crippen molar-refractivity contribution in [2.24, 2.45) is 0 Å². The summed E-state index contributed by atoms with van der Waals surface area (Å²) in [6, 6.07) is 7.61. The molecule has 134 valence electrons. The highest BCUT2D eigenvalue weighted by Crippen LogP contribution is 2.11. The molecule has 0 aliphatic carbocycles. The van der Waals surface area contributed by atoms with Crippen molar-refractivity contribution in [1.82, 2.24) is 10.2 Å². The Hall–Kier alpha value is -1.35. The normalized spacial score (nSPS) is 12.6. The first-order valence-corrected chi connectivity index (χ1v) is 8.87. The highest BCUT2D eigenvalue weighted by Gasteiger charge is 2.18. The van der Waals surface area contributed by atoms with Crippen LogP contribution in [0.3, 0.4) is 0 Å². The molecule has 0 saturated carbocycles. The van der Waals surface area contributed by atoms with Crippen molar-refractivity contribution in [2.45, 2.75) is 39.3 Å². The quantitative estimate of drug-likeness (QED) is 0.658. The van der Waals surface area contributed by atoms with Gasteiger partial charge >= 0.3 is 6.09 Å². The van der Waals surface area contributed by atoms with Crippen LogP contribution in [-0.2, 0) is 9.53 Å². The van der Waals surface area contributed by atoms with Crippen molar-refractivity contribution in [3.8, 4) is 0 Å². The molecule has 2 amide bonds. The third-order valence-electron chi connectivity index (χ3n) is 3.21. The van der Waals surface area contributed by atoms with Crippen molar-refractivity contribution >= 4 is 40.3 Å². The van der Waals surface area contributed by atoms with Crippen molar-refractivity contribution in [1.29, 1.82) is 0 Å². The van der Waals surface area contributed by atoms with Gasteiger partial charge in [-0.2, -0.15) is 0 Å². The molecule has 0 spiro atoms. The van der Waals surface area contributed by atoms with E-state index in [4.69, 9.17) is 4.74 Å². The van der Waals surface area contributed by atoms with E-state index in [0.29, 0.717) is 6.54 Å². The molecule has 1 unspecified atom stereocenters. The average Bonchev–Trinajstić information content (AvgIpc) is 2.45. The molecule has 1 atom stereocenters. The maximum absolute atomic E-state index is 12.1. The predicted octanol–water partition coefficient (Wildman–Crippen LogP) is 3.07. The zero-order valence-electron chi connectivity index (χ0n) is 14.9. The van der Waals surface area contributed by atoms with Gasteiger partial charge in [0.2, 0.25) is 5.91 Å². The first-order chi connectivity index (χ1) is 11.1. The Labute approximate surface area is 157 Å². The van der Waals surface area contributed by atoms with Crippen LogP contribution >= 0.6 is 22.6 Å². The molecule has 0 aliphatic rings. The molecule has 24 heavy (non-hydrogen) atoms. The van der Waals surface area contributed by atoms with Gasteiger partial charge in [0.05, 0.1) is 6.54 Å². The molecule has 0 aliphatic heterocycles. The molecular weight excluding hydrogens is 421 g/mol. The van der Waals surface area contributed by atoms with Crippen LogP contribution in [0.5, 0.6) is 0 Å². The highest BCUT2D eigenvalue weighted by atomic mass is 127. The van der Waals surface area contributed by atoms with E-state index in [-0.39, 0.29) is 18.5 Å². The molecule has 0 bridgehead atoms. The molecule has 1 rings (SSSR count). The molecule has 6 nitrogen and oxygen atoms in total. The number of nitrogens with zero attached hydrogens (tertiary/aromatic N) is 1. The van der Waals surface area contributed by atoms with E-state index in [1.54, 1.807) is 0 Å². The second-order valence-electron chi connectivity index (χ2n) is 6.70. The fourth-order valence-electron chi connectivity index (χ4n) is 1.82. The smallest absolute Gasteiger partial charge is 0.407 e. The Morgan fingerprint density at radius 2 is 1.83 bits per heavy atom. The van der Waals surface area contributed by atoms with Crippen LogP contribution in [0, 0.1) is 3.57 Å². The van der Waals surface area contributed by atoms with Crippen molar-refractivity contribution in [2.75, 3.05) is 25.5 Å². The van der Waals surface area contributed by atoms with Crippen LogP contribution in [-0.4, -0.2) is 48.7 Å². The van der Waals surface area contributed by atoms with Crippen LogP contribution in [0.1, 0.15) is 27.7 Å². The number of amides is 2. The summed E-state index contributed by atoms with van der Waals surface area (Å²) in [6.07, 6.45) is -0.453. The molecule has 7 heteroatoms. The number of ether oxygens (including phenoxy) is 1. The molecule has 2 N–H and O–H groups in total. The van der Waals surface area contributed by atoms with E-state index in [9.17, 15) is 9.59 Å². The van der Waals surface area contributed by atoms with E-state index in [1.807, 2.05) is 63.9 Å². The summed E-state index contributed by atoms with van der Waals surface area (Å²) in [7, 11) is 1.84. The first-order valence-electron chi connectivity index (χ1n) is 7.79. The maximum Gasteiger partial charge on any atom is 0.407 e. The number of halogens is 1. The lowest BCUT2D eigenvalue weighted by molar-refractivity contribution is -0.117. The van der Waals surface area contributed by atoms with Crippen molar-refractivity contribution in [3.05, 3.63) is 27.8 Å². The Bertz CT molecular complexity index is 555. The van der Waals surface area contributed by atoms with Gasteiger partial charge in [-0.05, 0) is 81.6 Å². The van der Waals surface area contributed by atoms with Gasteiger partial charge in [-0.25, -0.2) is 4.79 Å². The van der Waals surface area contributed by atoms with Crippen LogP contribution in [0.4, 0.5) is 10.5 Å². The second-order valence-corrected chi connectivity index (χ2v) is 7.95. The monoisotopic (exact) mass is 447 g/mol. The molecule has 0 fully saturated rings.